The Hall–Kier alpha value is -0.420. The Morgan fingerprint density at radius 3 is 3.06 bits per heavy atom. The summed E-state index contributed by atoms with van der Waals surface area (Å²) in [5.74, 6) is 5.69. The SMILES string of the molecule is CN1CCOC(C(NN)C2=CCCCC2)C1. The predicted molar refractivity (Wildman–Crippen MR) is 64.9 cm³/mol. The second kappa shape index (κ2) is 5.77. The number of morpholine rings is 1. The topological polar surface area (TPSA) is 50.5 Å². The number of nitrogens with two attached hydrogens (primary N) is 1. The summed E-state index contributed by atoms with van der Waals surface area (Å²) in [4.78, 5) is 2.31. The van der Waals surface area contributed by atoms with Gasteiger partial charge in [0.05, 0.1) is 18.8 Å². The highest BCUT2D eigenvalue weighted by Gasteiger charge is 2.28. The summed E-state index contributed by atoms with van der Waals surface area (Å²) >= 11 is 0. The minimum Gasteiger partial charge on any atom is -0.374 e. The van der Waals surface area contributed by atoms with Crippen LogP contribution in [0.3, 0.4) is 0 Å². The molecule has 2 rings (SSSR count). The number of hydrogen-bond acceptors (Lipinski definition) is 4. The molecule has 1 heterocycles. The van der Waals surface area contributed by atoms with Crippen LogP contribution in [-0.4, -0.2) is 43.8 Å². The first-order valence-electron chi connectivity index (χ1n) is 6.26. The molecule has 92 valence electrons. The molecule has 0 saturated carbocycles. The highest BCUT2D eigenvalue weighted by Crippen LogP contribution is 2.23. The summed E-state index contributed by atoms with van der Waals surface area (Å²) in [7, 11) is 2.14. The molecule has 0 aromatic carbocycles. The first-order valence-corrected chi connectivity index (χ1v) is 6.26. The van der Waals surface area contributed by atoms with E-state index < -0.39 is 0 Å². The van der Waals surface area contributed by atoms with Crippen molar-refractivity contribution in [1.29, 1.82) is 0 Å². The lowest BCUT2D eigenvalue weighted by atomic mass is 9.91. The normalized spacial score (nSPS) is 29.9. The summed E-state index contributed by atoms with van der Waals surface area (Å²) < 4.78 is 5.83. The third-order valence-electron chi connectivity index (χ3n) is 3.57. The van der Waals surface area contributed by atoms with Crippen LogP contribution >= 0.6 is 0 Å². The van der Waals surface area contributed by atoms with Crippen LogP contribution in [0.5, 0.6) is 0 Å². The molecule has 1 fully saturated rings. The second-order valence-electron chi connectivity index (χ2n) is 4.84. The summed E-state index contributed by atoms with van der Waals surface area (Å²) in [6, 6.07) is 0.197. The minimum atomic E-state index is 0.197. The largest absolute Gasteiger partial charge is 0.374 e. The van der Waals surface area contributed by atoms with E-state index in [-0.39, 0.29) is 12.1 Å². The number of nitrogens with one attached hydrogen (secondary N) is 1. The highest BCUT2D eigenvalue weighted by molar-refractivity contribution is 5.15. The van der Waals surface area contributed by atoms with Gasteiger partial charge in [-0.2, -0.15) is 0 Å². The fourth-order valence-electron chi connectivity index (χ4n) is 2.61. The van der Waals surface area contributed by atoms with Crippen LogP contribution in [0.25, 0.3) is 0 Å². The molecule has 2 aliphatic rings. The zero-order valence-electron chi connectivity index (χ0n) is 10.1. The minimum absolute atomic E-state index is 0.197. The van der Waals surface area contributed by atoms with E-state index in [2.05, 4.69) is 23.4 Å². The molecular formula is C12H23N3O. The fourth-order valence-corrected chi connectivity index (χ4v) is 2.61. The monoisotopic (exact) mass is 225 g/mol. The van der Waals surface area contributed by atoms with Crippen LogP contribution < -0.4 is 11.3 Å². The van der Waals surface area contributed by atoms with Gasteiger partial charge in [-0.3, -0.25) is 11.3 Å². The summed E-state index contributed by atoms with van der Waals surface area (Å²) in [5.41, 5.74) is 4.38. The Labute approximate surface area is 97.8 Å². The predicted octanol–water partition coefficient (Wildman–Crippen LogP) is 0.649. The van der Waals surface area contributed by atoms with Gasteiger partial charge in [-0.05, 0) is 32.7 Å². The number of rotatable bonds is 3. The van der Waals surface area contributed by atoms with Crippen molar-refractivity contribution >= 4 is 0 Å². The van der Waals surface area contributed by atoms with E-state index in [4.69, 9.17) is 10.6 Å². The van der Waals surface area contributed by atoms with Gasteiger partial charge in [0.1, 0.15) is 0 Å². The molecule has 1 saturated heterocycles. The second-order valence-corrected chi connectivity index (χ2v) is 4.84. The number of likely N-dealkylation sites (N-methyl/N-ethyl adjacent to an activating group) is 1. The number of ether oxygens (including phenoxy) is 1. The first kappa shape index (κ1) is 12.0. The third kappa shape index (κ3) is 2.83. The first-order chi connectivity index (χ1) is 7.81. The smallest absolute Gasteiger partial charge is 0.0906 e. The van der Waals surface area contributed by atoms with Crippen LogP contribution in [0.15, 0.2) is 11.6 Å². The van der Waals surface area contributed by atoms with Gasteiger partial charge in [0.25, 0.3) is 0 Å². The van der Waals surface area contributed by atoms with Gasteiger partial charge in [0, 0.05) is 13.1 Å². The molecule has 0 amide bonds. The van der Waals surface area contributed by atoms with E-state index >= 15 is 0 Å². The van der Waals surface area contributed by atoms with E-state index in [1.807, 2.05) is 0 Å². The lowest BCUT2D eigenvalue weighted by Gasteiger charge is -2.36. The van der Waals surface area contributed by atoms with Crippen molar-refractivity contribution in [1.82, 2.24) is 10.3 Å². The summed E-state index contributed by atoms with van der Waals surface area (Å²) in [5, 5.41) is 0. The molecule has 0 aromatic heterocycles. The summed E-state index contributed by atoms with van der Waals surface area (Å²) in [6.45, 7) is 2.80. The molecule has 16 heavy (non-hydrogen) atoms. The standard InChI is InChI=1S/C12H23N3O/c1-15-7-8-16-11(9-15)12(14-13)10-5-3-2-4-6-10/h5,11-12,14H,2-4,6-9,13H2,1H3. The molecule has 2 atom stereocenters. The Morgan fingerprint density at radius 2 is 2.44 bits per heavy atom. The van der Waals surface area contributed by atoms with Crippen molar-refractivity contribution < 1.29 is 4.74 Å². The maximum atomic E-state index is 5.83. The zero-order chi connectivity index (χ0) is 11.4. The number of hydrogen-bond donors (Lipinski definition) is 2. The lowest BCUT2D eigenvalue weighted by molar-refractivity contribution is -0.0329. The van der Waals surface area contributed by atoms with E-state index in [0.717, 1.165) is 19.7 Å². The Balaban J connectivity index is 2.00. The highest BCUT2D eigenvalue weighted by atomic mass is 16.5. The third-order valence-corrected chi connectivity index (χ3v) is 3.57. The van der Waals surface area contributed by atoms with Crippen LogP contribution in [0.4, 0.5) is 0 Å². The maximum absolute atomic E-state index is 5.83. The summed E-state index contributed by atoms with van der Waals surface area (Å²) in [6.07, 6.45) is 7.49. The van der Waals surface area contributed by atoms with Gasteiger partial charge >= 0.3 is 0 Å². The van der Waals surface area contributed by atoms with E-state index in [1.165, 1.54) is 31.3 Å². The van der Waals surface area contributed by atoms with Crippen LogP contribution in [-0.2, 0) is 4.74 Å². The maximum Gasteiger partial charge on any atom is 0.0906 e. The number of hydrazine groups is 1. The average molecular weight is 225 g/mol. The molecule has 3 N–H and O–H groups in total. The van der Waals surface area contributed by atoms with Gasteiger partial charge in [-0.25, -0.2) is 0 Å². The molecular weight excluding hydrogens is 202 g/mol. The number of nitrogens with zero attached hydrogens (tertiary/aromatic N) is 1. The van der Waals surface area contributed by atoms with Crippen LogP contribution in [0.1, 0.15) is 25.7 Å². The van der Waals surface area contributed by atoms with E-state index in [1.54, 1.807) is 0 Å². The van der Waals surface area contributed by atoms with Crippen molar-refractivity contribution in [3.05, 3.63) is 11.6 Å². The zero-order valence-corrected chi connectivity index (χ0v) is 10.1. The van der Waals surface area contributed by atoms with Gasteiger partial charge in [-0.1, -0.05) is 11.6 Å². The van der Waals surface area contributed by atoms with Crippen LogP contribution in [0.2, 0.25) is 0 Å². The fraction of sp³-hybridized carbons (Fsp3) is 0.833. The molecule has 0 aromatic rings. The molecule has 2 unspecified atom stereocenters. The quantitative estimate of drug-likeness (QED) is 0.421. The van der Waals surface area contributed by atoms with Crippen molar-refractivity contribution in [2.24, 2.45) is 5.84 Å². The van der Waals surface area contributed by atoms with Gasteiger partial charge < -0.3 is 9.64 Å². The molecule has 1 aliphatic heterocycles. The molecule has 1 aliphatic carbocycles. The molecule has 4 heteroatoms. The molecule has 0 bridgehead atoms. The Bertz CT molecular complexity index is 255. The van der Waals surface area contributed by atoms with Crippen molar-refractivity contribution in [2.75, 3.05) is 26.7 Å². The van der Waals surface area contributed by atoms with E-state index in [9.17, 15) is 0 Å². The molecule has 0 spiro atoms. The van der Waals surface area contributed by atoms with Gasteiger partial charge in [0.2, 0.25) is 0 Å². The van der Waals surface area contributed by atoms with E-state index in [0.29, 0.717) is 0 Å². The number of allylic oxidation sites excluding steroid dienone is 1. The van der Waals surface area contributed by atoms with Crippen molar-refractivity contribution in [3.63, 3.8) is 0 Å². The van der Waals surface area contributed by atoms with Crippen molar-refractivity contribution in [2.45, 2.75) is 37.8 Å². The lowest BCUT2D eigenvalue weighted by Crippen LogP contribution is -2.54. The average Bonchev–Trinajstić information content (AvgIpc) is 2.31. The van der Waals surface area contributed by atoms with Gasteiger partial charge in [-0.15, -0.1) is 0 Å². The van der Waals surface area contributed by atoms with Gasteiger partial charge in [0.15, 0.2) is 0 Å². The van der Waals surface area contributed by atoms with Crippen molar-refractivity contribution in [3.8, 4) is 0 Å². The van der Waals surface area contributed by atoms with Crippen LogP contribution in [0, 0.1) is 0 Å². The Morgan fingerprint density at radius 1 is 1.56 bits per heavy atom. The molecule has 0 radical (unpaired) electrons. The molecule has 4 nitrogen and oxygen atoms in total. The Kier molecular flexibility index (Phi) is 4.35.